The predicted octanol–water partition coefficient (Wildman–Crippen LogP) is 4.28. The van der Waals surface area contributed by atoms with Crippen molar-refractivity contribution in [2.24, 2.45) is 5.92 Å². The summed E-state index contributed by atoms with van der Waals surface area (Å²) in [5, 5.41) is 3.58. The molecule has 2 heteroatoms. The van der Waals surface area contributed by atoms with Gasteiger partial charge in [0.1, 0.15) is 0 Å². The minimum absolute atomic E-state index is 0.898. The van der Waals surface area contributed by atoms with Crippen LogP contribution in [0.4, 0.5) is 5.69 Å². The van der Waals surface area contributed by atoms with Gasteiger partial charge in [-0.1, -0.05) is 31.4 Å². The molecule has 0 aliphatic heterocycles. The van der Waals surface area contributed by atoms with E-state index in [9.17, 15) is 0 Å². The standard InChI is InChI=1S/C13H18IN/c14-12-8-4-5-9-13(12)15-10-11-6-2-1-3-7-11/h4-5,8-9,11,15H,1-3,6-7,10H2. The van der Waals surface area contributed by atoms with Crippen LogP contribution in [-0.4, -0.2) is 6.54 Å². The third kappa shape index (κ3) is 3.37. The number of hydrogen-bond acceptors (Lipinski definition) is 1. The van der Waals surface area contributed by atoms with Gasteiger partial charge in [-0.3, -0.25) is 0 Å². The van der Waals surface area contributed by atoms with Gasteiger partial charge in [-0.2, -0.15) is 0 Å². The third-order valence-electron chi connectivity index (χ3n) is 3.18. The van der Waals surface area contributed by atoms with E-state index < -0.39 is 0 Å². The zero-order valence-corrected chi connectivity index (χ0v) is 11.2. The first-order valence-electron chi connectivity index (χ1n) is 5.84. The number of hydrogen-bond donors (Lipinski definition) is 1. The first-order valence-corrected chi connectivity index (χ1v) is 6.92. The van der Waals surface area contributed by atoms with Crippen LogP contribution in [0.2, 0.25) is 0 Å². The number of para-hydroxylation sites is 1. The Morgan fingerprint density at radius 3 is 2.60 bits per heavy atom. The summed E-state index contributed by atoms with van der Waals surface area (Å²) in [5.41, 5.74) is 1.30. The molecular weight excluding hydrogens is 297 g/mol. The van der Waals surface area contributed by atoms with Crippen LogP contribution in [0.3, 0.4) is 0 Å². The second-order valence-corrected chi connectivity index (χ2v) is 5.53. The van der Waals surface area contributed by atoms with Crippen LogP contribution in [0, 0.1) is 9.49 Å². The second kappa shape index (κ2) is 5.73. The average molecular weight is 315 g/mol. The van der Waals surface area contributed by atoms with Gasteiger partial charge in [-0.25, -0.2) is 0 Å². The molecule has 0 saturated heterocycles. The van der Waals surface area contributed by atoms with E-state index in [1.54, 1.807) is 0 Å². The summed E-state index contributed by atoms with van der Waals surface area (Å²) in [5.74, 6) is 0.898. The molecule has 0 atom stereocenters. The fraction of sp³-hybridized carbons (Fsp3) is 0.538. The molecule has 1 fully saturated rings. The molecule has 1 aliphatic rings. The lowest BCUT2D eigenvalue weighted by Crippen LogP contribution is -2.17. The van der Waals surface area contributed by atoms with E-state index in [4.69, 9.17) is 0 Å². The first kappa shape index (κ1) is 11.2. The first-order chi connectivity index (χ1) is 7.36. The highest BCUT2D eigenvalue weighted by Crippen LogP contribution is 2.25. The Labute approximate surface area is 106 Å². The van der Waals surface area contributed by atoms with Gasteiger partial charge in [0, 0.05) is 15.8 Å². The molecule has 1 aromatic rings. The fourth-order valence-electron chi connectivity index (χ4n) is 2.25. The Morgan fingerprint density at radius 1 is 1.13 bits per heavy atom. The lowest BCUT2D eigenvalue weighted by atomic mass is 9.89. The number of benzene rings is 1. The molecule has 1 saturated carbocycles. The van der Waals surface area contributed by atoms with Crippen molar-refractivity contribution in [3.05, 3.63) is 27.8 Å². The molecule has 1 aliphatic carbocycles. The minimum Gasteiger partial charge on any atom is -0.384 e. The molecule has 1 nitrogen and oxygen atoms in total. The smallest absolute Gasteiger partial charge is 0.0475 e. The zero-order valence-electron chi connectivity index (χ0n) is 9.01. The molecule has 0 heterocycles. The van der Waals surface area contributed by atoms with E-state index in [2.05, 4.69) is 52.2 Å². The Balaban J connectivity index is 1.84. The van der Waals surface area contributed by atoms with Crippen LogP contribution in [0.5, 0.6) is 0 Å². The van der Waals surface area contributed by atoms with E-state index in [0.29, 0.717) is 0 Å². The van der Waals surface area contributed by atoms with Gasteiger partial charge in [0.05, 0.1) is 0 Å². The van der Waals surface area contributed by atoms with E-state index in [1.165, 1.54) is 41.4 Å². The van der Waals surface area contributed by atoms with E-state index in [-0.39, 0.29) is 0 Å². The summed E-state index contributed by atoms with van der Waals surface area (Å²) >= 11 is 2.39. The summed E-state index contributed by atoms with van der Waals surface area (Å²) in [6, 6.07) is 8.52. The van der Waals surface area contributed by atoms with Gasteiger partial charge in [0.2, 0.25) is 0 Å². The number of rotatable bonds is 3. The van der Waals surface area contributed by atoms with Crippen molar-refractivity contribution in [2.75, 3.05) is 11.9 Å². The summed E-state index contributed by atoms with van der Waals surface area (Å²) in [7, 11) is 0. The molecule has 15 heavy (non-hydrogen) atoms. The second-order valence-electron chi connectivity index (χ2n) is 4.36. The summed E-state index contributed by atoms with van der Waals surface area (Å²) in [4.78, 5) is 0. The maximum Gasteiger partial charge on any atom is 0.0475 e. The van der Waals surface area contributed by atoms with Crippen LogP contribution in [0.15, 0.2) is 24.3 Å². The number of anilines is 1. The summed E-state index contributed by atoms with van der Waals surface area (Å²) in [6.45, 7) is 1.15. The zero-order chi connectivity index (χ0) is 10.5. The molecule has 0 radical (unpaired) electrons. The molecule has 82 valence electrons. The average Bonchev–Trinajstić information content (AvgIpc) is 2.29. The Morgan fingerprint density at radius 2 is 1.87 bits per heavy atom. The van der Waals surface area contributed by atoms with Crippen LogP contribution in [0.25, 0.3) is 0 Å². The quantitative estimate of drug-likeness (QED) is 0.821. The lowest BCUT2D eigenvalue weighted by molar-refractivity contribution is 0.373. The maximum absolute atomic E-state index is 3.58. The Bertz CT molecular complexity index is 305. The topological polar surface area (TPSA) is 12.0 Å². The van der Waals surface area contributed by atoms with Gasteiger partial charge >= 0.3 is 0 Å². The van der Waals surface area contributed by atoms with Gasteiger partial charge in [-0.05, 0) is 53.5 Å². The van der Waals surface area contributed by atoms with Gasteiger partial charge in [0.15, 0.2) is 0 Å². The molecule has 0 aromatic heterocycles. The molecule has 0 spiro atoms. The van der Waals surface area contributed by atoms with Crippen molar-refractivity contribution >= 4 is 28.3 Å². The van der Waals surface area contributed by atoms with Crippen molar-refractivity contribution in [1.29, 1.82) is 0 Å². The van der Waals surface area contributed by atoms with Crippen molar-refractivity contribution in [3.8, 4) is 0 Å². The van der Waals surface area contributed by atoms with E-state index in [1.807, 2.05) is 0 Å². The van der Waals surface area contributed by atoms with Crippen LogP contribution in [-0.2, 0) is 0 Å². The minimum atomic E-state index is 0.898. The van der Waals surface area contributed by atoms with E-state index in [0.717, 1.165) is 12.5 Å². The van der Waals surface area contributed by atoms with Crippen LogP contribution in [0.1, 0.15) is 32.1 Å². The molecule has 1 aromatic carbocycles. The monoisotopic (exact) mass is 315 g/mol. The molecule has 1 N–H and O–H groups in total. The van der Waals surface area contributed by atoms with Gasteiger partial charge < -0.3 is 5.32 Å². The maximum atomic E-state index is 3.58. The predicted molar refractivity (Wildman–Crippen MR) is 74.2 cm³/mol. The fourth-order valence-corrected chi connectivity index (χ4v) is 2.83. The highest BCUT2D eigenvalue weighted by atomic mass is 127. The molecule has 0 amide bonds. The lowest BCUT2D eigenvalue weighted by Gasteiger charge is -2.22. The molecular formula is C13H18IN. The largest absolute Gasteiger partial charge is 0.384 e. The summed E-state index contributed by atoms with van der Waals surface area (Å²) in [6.07, 6.45) is 7.13. The highest BCUT2D eigenvalue weighted by molar-refractivity contribution is 14.1. The highest BCUT2D eigenvalue weighted by Gasteiger charge is 2.12. The van der Waals surface area contributed by atoms with E-state index >= 15 is 0 Å². The summed E-state index contributed by atoms with van der Waals surface area (Å²) < 4.78 is 1.32. The van der Waals surface area contributed by atoms with Crippen molar-refractivity contribution in [1.82, 2.24) is 0 Å². The van der Waals surface area contributed by atoms with Gasteiger partial charge in [0.25, 0.3) is 0 Å². The number of nitrogens with one attached hydrogen (secondary N) is 1. The number of halogens is 1. The molecule has 0 bridgehead atoms. The Hall–Kier alpha value is -0.250. The SMILES string of the molecule is Ic1ccccc1NCC1CCCCC1. The molecule has 2 rings (SSSR count). The molecule has 0 unspecified atom stereocenters. The normalized spacial score (nSPS) is 17.7. The van der Waals surface area contributed by atoms with Gasteiger partial charge in [-0.15, -0.1) is 0 Å². The van der Waals surface area contributed by atoms with Crippen LogP contribution < -0.4 is 5.32 Å². The van der Waals surface area contributed by atoms with Crippen LogP contribution >= 0.6 is 22.6 Å². The Kier molecular flexibility index (Phi) is 4.29. The van der Waals surface area contributed by atoms with Crippen molar-refractivity contribution in [2.45, 2.75) is 32.1 Å². The van der Waals surface area contributed by atoms with Crippen molar-refractivity contribution < 1.29 is 0 Å². The third-order valence-corrected chi connectivity index (χ3v) is 4.12. The van der Waals surface area contributed by atoms with Crippen molar-refractivity contribution in [3.63, 3.8) is 0 Å².